The summed E-state index contributed by atoms with van der Waals surface area (Å²) in [5.41, 5.74) is 3.32. The maximum atomic E-state index is 5.69. The highest BCUT2D eigenvalue weighted by molar-refractivity contribution is 4.93. The molecule has 0 aromatic rings. The van der Waals surface area contributed by atoms with Crippen LogP contribution < -0.4 is 11.3 Å². The van der Waals surface area contributed by atoms with E-state index in [1.807, 2.05) is 0 Å². The van der Waals surface area contributed by atoms with Crippen molar-refractivity contribution in [2.24, 2.45) is 29.0 Å². The van der Waals surface area contributed by atoms with Crippen molar-refractivity contribution in [2.75, 3.05) is 0 Å². The maximum absolute atomic E-state index is 5.69. The van der Waals surface area contributed by atoms with Gasteiger partial charge in [-0.3, -0.25) is 11.3 Å². The van der Waals surface area contributed by atoms with Gasteiger partial charge in [0.25, 0.3) is 0 Å². The molecule has 0 aromatic heterocycles. The third-order valence-corrected chi connectivity index (χ3v) is 4.67. The largest absolute Gasteiger partial charge is 0.271 e. The summed E-state index contributed by atoms with van der Waals surface area (Å²) < 4.78 is 0. The molecule has 2 nitrogen and oxygen atoms in total. The van der Waals surface area contributed by atoms with Gasteiger partial charge in [-0.15, -0.1) is 0 Å². The van der Waals surface area contributed by atoms with Gasteiger partial charge in [0.05, 0.1) is 0 Å². The lowest BCUT2D eigenvalue weighted by Crippen LogP contribution is -2.45. The molecule has 2 heteroatoms. The summed E-state index contributed by atoms with van der Waals surface area (Å²) in [6.07, 6.45) is 7.24. The Kier molecular flexibility index (Phi) is 3.09. The summed E-state index contributed by atoms with van der Waals surface area (Å²) in [6.45, 7) is 6.85. The average molecular weight is 210 g/mol. The first-order valence-electron chi connectivity index (χ1n) is 6.47. The van der Waals surface area contributed by atoms with E-state index in [9.17, 15) is 0 Å². The van der Waals surface area contributed by atoms with Gasteiger partial charge in [0, 0.05) is 6.04 Å². The van der Waals surface area contributed by atoms with Crippen LogP contribution in [0.4, 0.5) is 0 Å². The lowest BCUT2D eigenvalue weighted by molar-refractivity contribution is 0.194. The van der Waals surface area contributed by atoms with Crippen LogP contribution >= 0.6 is 0 Å². The first-order valence-corrected chi connectivity index (χ1v) is 6.47. The number of hydrogen-bond donors (Lipinski definition) is 2. The first-order chi connectivity index (χ1) is 7.00. The van der Waals surface area contributed by atoms with Crippen molar-refractivity contribution in [3.63, 3.8) is 0 Å². The van der Waals surface area contributed by atoms with E-state index in [1.165, 1.54) is 32.1 Å². The van der Waals surface area contributed by atoms with E-state index in [4.69, 9.17) is 5.84 Å². The Morgan fingerprint density at radius 1 is 1.27 bits per heavy atom. The molecule has 0 radical (unpaired) electrons. The van der Waals surface area contributed by atoms with Gasteiger partial charge in [0.2, 0.25) is 0 Å². The predicted molar refractivity (Wildman–Crippen MR) is 64.1 cm³/mol. The lowest BCUT2D eigenvalue weighted by Gasteiger charge is -2.34. The summed E-state index contributed by atoms with van der Waals surface area (Å²) >= 11 is 0. The van der Waals surface area contributed by atoms with Crippen LogP contribution in [0.5, 0.6) is 0 Å². The molecular weight excluding hydrogens is 184 g/mol. The highest BCUT2D eigenvalue weighted by atomic mass is 15.2. The van der Waals surface area contributed by atoms with Gasteiger partial charge in [0.15, 0.2) is 0 Å². The van der Waals surface area contributed by atoms with Crippen LogP contribution in [0.1, 0.15) is 52.9 Å². The number of nitrogens with one attached hydrogen (secondary N) is 1. The minimum atomic E-state index is 0.288. The predicted octanol–water partition coefficient (Wildman–Crippen LogP) is 2.69. The highest BCUT2D eigenvalue weighted by Crippen LogP contribution is 2.50. The lowest BCUT2D eigenvalue weighted by atomic mass is 9.77. The molecule has 2 aliphatic carbocycles. The van der Waals surface area contributed by atoms with Crippen LogP contribution in [0.15, 0.2) is 0 Å². The van der Waals surface area contributed by atoms with Gasteiger partial charge in [-0.2, -0.15) is 0 Å². The molecular formula is C13H26N2. The Balaban J connectivity index is 1.90. The van der Waals surface area contributed by atoms with Gasteiger partial charge < -0.3 is 0 Å². The van der Waals surface area contributed by atoms with E-state index in [0.717, 1.165) is 17.8 Å². The van der Waals surface area contributed by atoms with Crippen LogP contribution in [0.2, 0.25) is 0 Å². The number of hydrogen-bond acceptors (Lipinski definition) is 2. The average Bonchev–Trinajstić information content (AvgIpc) is 2.72. The van der Waals surface area contributed by atoms with E-state index in [2.05, 4.69) is 26.2 Å². The van der Waals surface area contributed by atoms with Crippen molar-refractivity contribution in [3.05, 3.63) is 0 Å². The highest BCUT2D eigenvalue weighted by Gasteiger charge is 2.41. The molecule has 2 bridgehead atoms. The third kappa shape index (κ3) is 2.36. The monoisotopic (exact) mass is 210 g/mol. The van der Waals surface area contributed by atoms with E-state index in [-0.39, 0.29) is 5.41 Å². The van der Waals surface area contributed by atoms with E-state index in [0.29, 0.717) is 6.04 Å². The van der Waals surface area contributed by atoms with E-state index in [1.54, 1.807) is 0 Å². The fourth-order valence-electron chi connectivity index (χ4n) is 3.64. The molecule has 4 atom stereocenters. The molecule has 0 spiro atoms. The van der Waals surface area contributed by atoms with Crippen LogP contribution in [-0.4, -0.2) is 6.04 Å². The molecule has 4 unspecified atom stereocenters. The Morgan fingerprint density at radius 2 is 2.00 bits per heavy atom. The number of hydrazine groups is 1. The minimum Gasteiger partial charge on any atom is -0.271 e. The van der Waals surface area contributed by atoms with Gasteiger partial charge in [0.1, 0.15) is 0 Å². The number of rotatable bonds is 3. The summed E-state index contributed by atoms with van der Waals surface area (Å²) in [5.74, 6) is 8.71. The fraction of sp³-hybridized carbons (Fsp3) is 1.00. The third-order valence-electron chi connectivity index (χ3n) is 4.67. The molecule has 2 saturated carbocycles. The number of nitrogens with two attached hydrogens (primary N) is 1. The molecule has 15 heavy (non-hydrogen) atoms. The second-order valence-corrected chi connectivity index (χ2v) is 6.76. The molecule has 0 amide bonds. The minimum absolute atomic E-state index is 0.288. The maximum Gasteiger partial charge on any atom is 0.0261 e. The molecule has 0 aliphatic heterocycles. The van der Waals surface area contributed by atoms with Gasteiger partial charge >= 0.3 is 0 Å². The van der Waals surface area contributed by atoms with Crippen molar-refractivity contribution in [3.8, 4) is 0 Å². The zero-order chi connectivity index (χ0) is 11.1. The van der Waals surface area contributed by atoms with Crippen LogP contribution in [0.25, 0.3) is 0 Å². The summed E-state index contributed by atoms with van der Waals surface area (Å²) in [5, 5.41) is 0. The quantitative estimate of drug-likeness (QED) is 0.555. The summed E-state index contributed by atoms with van der Waals surface area (Å²) in [6, 6.07) is 0.474. The van der Waals surface area contributed by atoms with Crippen molar-refractivity contribution in [1.29, 1.82) is 0 Å². The SMILES string of the molecule is CC(C)(C)C(CC1CC2CCC1C2)NN. The van der Waals surface area contributed by atoms with Crippen molar-refractivity contribution in [1.82, 2.24) is 5.43 Å². The smallest absolute Gasteiger partial charge is 0.0261 e. The first kappa shape index (κ1) is 11.4. The molecule has 0 saturated heterocycles. The second kappa shape index (κ2) is 4.06. The molecule has 2 fully saturated rings. The molecule has 2 aliphatic rings. The summed E-state index contributed by atoms with van der Waals surface area (Å²) in [7, 11) is 0. The van der Waals surface area contributed by atoms with Gasteiger partial charge in [-0.25, -0.2) is 0 Å². The fourth-order valence-corrected chi connectivity index (χ4v) is 3.64. The normalized spacial score (nSPS) is 37.2. The molecule has 0 aromatic carbocycles. The van der Waals surface area contributed by atoms with Crippen molar-refractivity contribution in [2.45, 2.75) is 58.9 Å². The Hall–Kier alpha value is -0.0800. The van der Waals surface area contributed by atoms with Gasteiger partial charge in [-0.05, 0) is 48.9 Å². The zero-order valence-corrected chi connectivity index (χ0v) is 10.4. The topological polar surface area (TPSA) is 38.0 Å². The molecule has 2 rings (SSSR count). The molecule has 3 N–H and O–H groups in total. The van der Waals surface area contributed by atoms with Crippen molar-refractivity contribution < 1.29 is 0 Å². The molecule has 88 valence electrons. The Bertz CT molecular complexity index is 219. The number of fused-ring (bicyclic) bond motifs is 2. The van der Waals surface area contributed by atoms with Gasteiger partial charge in [-0.1, -0.05) is 27.2 Å². The standard InChI is InChI=1S/C13H26N2/c1-13(2,3)12(15-14)8-11-7-9-4-5-10(11)6-9/h9-12,15H,4-8,14H2,1-3H3. The van der Waals surface area contributed by atoms with Crippen LogP contribution in [0, 0.1) is 23.2 Å². The molecule has 0 heterocycles. The second-order valence-electron chi connectivity index (χ2n) is 6.76. The van der Waals surface area contributed by atoms with Crippen LogP contribution in [0.3, 0.4) is 0 Å². The van der Waals surface area contributed by atoms with Crippen LogP contribution in [-0.2, 0) is 0 Å². The Morgan fingerprint density at radius 3 is 2.40 bits per heavy atom. The summed E-state index contributed by atoms with van der Waals surface area (Å²) in [4.78, 5) is 0. The van der Waals surface area contributed by atoms with E-state index >= 15 is 0 Å². The zero-order valence-electron chi connectivity index (χ0n) is 10.4. The van der Waals surface area contributed by atoms with E-state index < -0.39 is 0 Å². The van der Waals surface area contributed by atoms with Crippen molar-refractivity contribution >= 4 is 0 Å². The Labute approximate surface area is 94.0 Å².